The van der Waals surface area contributed by atoms with Crippen LogP contribution in [0.25, 0.3) is 0 Å². The standard InChI is InChI=1S/C23H19N3O4/c27-20(28)14-24-22(29)16-10-12-17(13-11-16)26-21(15-6-2-1-3-7-15)25-19-9-5-4-8-18(19)23(26)30/h1-13,21,25H,14H2,(H,24,29)(H,27,28). The number of carboxylic acids is 1. The lowest BCUT2D eigenvalue weighted by atomic mass is 10.0. The molecular weight excluding hydrogens is 382 g/mol. The van der Waals surface area contributed by atoms with E-state index in [-0.39, 0.29) is 5.91 Å². The zero-order valence-electron chi connectivity index (χ0n) is 15.9. The van der Waals surface area contributed by atoms with Crippen LogP contribution in [0.5, 0.6) is 0 Å². The molecule has 0 spiro atoms. The number of carbonyl (C=O) groups is 3. The maximum atomic E-state index is 13.3. The van der Waals surface area contributed by atoms with Crippen molar-refractivity contribution in [2.24, 2.45) is 0 Å². The van der Waals surface area contributed by atoms with Crippen LogP contribution in [-0.2, 0) is 4.79 Å². The summed E-state index contributed by atoms with van der Waals surface area (Å²) in [4.78, 5) is 37.7. The van der Waals surface area contributed by atoms with Crippen molar-refractivity contribution in [3.05, 3.63) is 95.6 Å². The second-order valence-corrected chi connectivity index (χ2v) is 6.80. The van der Waals surface area contributed by atoms with Crippen LogP contribution in [0.2, 0.25) is 0 Å². The molecule has 0 bridgehead atoms. The number of carboxylic acid groups (broad SMARTS) is 1. The summed E-state index contributed by atoms with van der Waals surface area (Å²) in [5.74, 6) is -1.76. The van der Waals surface area contributed by atoms with E-state index in [1.165, 1.54) is 0 Å². The minimum absolute atomic E-state index is 0.152. The fourth-order valence-electron chi connectivity index (χ4n) is 3.42. The van der Waals surface area contributed by atoms with Crippen molar-refractivity contribution in [2.45, 2.75) is 6.17 Å². The van der Waals surface area contributed by atoms with Crippen molar-refractivity contribution in [1.29, 1.82) is 0 Å². The number of benzene rings is 3. The number of fused-ring (bicyclic) bond motifs is 1. The first-order chi connectivity index (χ1) is 14.5. The number of hydrogen-bond donors (Lipinski definition) is 3. The van der Waals surface area contributed by atoms with Gasteiger partial charge in [-0.2, -0.15) is 0 Å². The average molecular weight is 401 g/mol. The van der Waals surface area contributed by atoms with Gasteiger partial charge < -0.3 is 15.7 Å². The monoisotopic (exact) mass is 401 g/mol. The van der Waals surface area contributed by atoms with E-state index in [0.29, 0.717) is 16.8 Å². The zero-order chi connectivity index (χ0) is 21.1. The summed E-state index contributed by atoms with van der Waals surface area (Å²) >= 11 is 0. The highest BCUT2D eigenvalue weighted by molar-refractivity contribution is 6.12. The Morgan fingerprint density at radius 2 is 1.60 bits per heavy atom. The Kier molecular flexibility index (Phi) is 5.17. The summed E-state index contributed by atoms with van der Waals surface area (Å²) in [5.41, 5.74) is 3.17. The minimum Gasteiger partial charge on any atom is -0.480 e. The normalized spacial score (nSPS) is 15.1. The van der Waals surface area contributed by atoms with Gasteiger partial charge in [0.05, 0.1) is 5.56 Å². The molecule has 30 heavy (non-hydrogen) atoms. The van der Waals surface area contributed by atoms with Crippen molar-refractivity contribution >= 4 is 29.2 Å². The predicted octanol–water partition coefficient (Wildman–Crippen LogP) is 3.27. The van der Waals surface area contributed by atoms with Gasteiger partial charge in [0.15, 0.2) is 0 Å². The summed E-state index contributed by atoms with van der Waals surface area (Å²) in [6, 6.07) is 23.5. The second kappa shape index (κ2) is 8.08. The average Bonchev–Trinajstić information content (AvgIpc) is 2.78. The van der Waals surface area contributed by atoms with E-state index in [2.05, 4.69) is 10.6 Å². The Morgan fingerprint density at radius 3 is 2.30 bits per heavy atom. The molecule has 4 rings (SSSR count). The molecule has 0 saturated carbocycles. The molecule has 7 nitrogen and oxygen atoms in total. The number of carbonyl (C=O) groups excluding carboxylic acids is 2. The highest BCUT2D eigenvalue weighted by Gasteiger charge is 2.33. The van der Waals surface area contributed by atoms with Crippen LogP contribution in [0, 0.1) is 0 Å². The van der Waals surface area contributed by atoms with Crippen LogP contribution >= 0.6 is 0 Å². The maximum absolute atomic E-state index is 13.3. The van der Waals surface area contributed by atoms with Gasteiger partial charge in [0.1, 0.15) is 12.7 Å². The molecule has 7 heteroatoms. The maximum Gasteiger partial charge on any atom is 0.322 e. The van der Waals surface area contributed by atoms with E-state index in [9.17, 15) is 14.4 Å². The van der Waals surface area contributed by atoms with E-state index in [0.717, 1.165) is 11.3 Å². The van der Waals surface area contributed by atoms with E-state index in [1.54, 1.807) is 35.2 Å². The SMILES string of the molecule is O=C(O)CNC(=O)c1ccc(N2C(=O)c3ccccc3NC2c2ccccc2)cc1. The first-order valence-electron chi connectivity index (χ1n) is 9.39. The Balaban J connectivity index is 1.68. The molecular formula is C23H19N3O4. The van der Waals surface area contributed by atoms with Gasteiger partial charge in [-0.15, -0.1) is 0 Å². The molecule has 0 saturated heterocycles. The Bertz CT molecular complexity index is 1100. The summed E-state index contributed by atoms with van der Waals surface area (Å²) in [6.45, 7) is -0.456. The molecule has 1 unspecified atom stereocenters. The van der Waals surface area contributed by atoms with Crippen molar-refractivity contribution in [2.75, 3.05) is 16.8 Å². The number of nitrogens with zero attached hydrogens (tertiary/aromatic N) is 1. The fraction of sp³-hybridized carbons (Fsp3) is 0.0870. The third-order valence-electron chi connectivity index (χ3n) is 4.85. The highest BCUT2D eigenvalue weighted by Crippen LogP contribution is 2.36. The lowest BCUT2D eigenvalue weighted by Gasteiger charge is -2.38. The van der Waals surface area contributed by atoms with Gasteiger partial charge in [0, 0.05) is 16.9 Å². The van der Waals surface area contributed by atoms with Crippen LogP contribution in [0.1, 0.15) is 32.4 Å². The molecule has 1 heterocycles. The molecule has 2 amide bonds. The third kappa shape index (κ3) is 3.73. The van der Waals surface area contributed by atoms with Crippen LogP contribution in [0.15, 0.2) is 78.9 Å². The topological polar surface area (TPSA) is 98.7 Å². The summed E-state index contributed by atoms with van der Waals surface area (Å²) in [7, 11) is 0. The lowest BCUT2D eigenvalue weighted by molar-refractivity contribution is -0.135. The highest BCUT2D eigenvalue weighted by atomic mass is 16.4. The predicted molar refractivity (Wildman–Crippen MR) is 112 cm³/mol. The molecule has 1 atom stereocenters. The van der Waals surface area contributed by atoms with Gasteiger partial charge >= 0.3 is 5.97 Å². The van der Waals surface area contributed by atoms with Crippen molar-refractivity contribution in [3.63, 3.8) is 0 Å². The lowest BCUT2D eigenvalue weighted by Crippen LogP contribution is -2.43. The Labute approximate surface area is 173 Å². The number of nitrogens with one attached hydrogen (secondary N) is 2. The number of amides is 2. The molecule has 150 valence electrons. The second-order valence-electron chi connectivity index (χ2n) is 6.80. The minimum atomic E-state index is -1.12. The van der Waals surface area contributed by atoms with E-state index >= 15 is 0 Å². The molecule has 3 aromatic carbocycles. The van der Waals surface area contributed by atoms with E-state index in [4.69, 9.17) is 5.11 Å². The van der Waals surface area contributed by atoms with Crippen LogP contribution < -0.4 is 15.5 Å². The van der Waals surface area contributed by atoms with Gasteiger partial charge in [-0.3, -0.25) is 19.3 Å². The van der Waals surface area contributed by atoms with Crippen LogP contribution in [-0.4, -0.2) is 29.4 Å². The zero-order valence-corrected chi connectivity index (χ0v) is 15.9. The summed E-state index contributed by atoms with van der Waals surface area (Å²) in [5, 5.41) is 14.4. The number of para-hydroxylation sites is 1. The Hall–Kier alpha value is -4.13. The fourth-order valence-corrected chi connectivity index (χ4v) is 3.42. The molecule has 1 aliphatic rings. The van der Waals surface area contributed by atoms with Gasteiger partial charge in [-0.05, 0) is 42.0 Å². The van der Waals surface area contributed by atoms with Gasteiger partial charge in [-0.25, -0.2) is 0 Å². The number of rotatable bonds is 5. The van der Waals surface area contributed by atoms with E-state index in [1.807, 2.05) is 48.5 Å². The van der Waals surface area contributed by atoms with Crippen molar-refractivity contribution in [3.8, 4) is 0 Å². The third-order valence-corrected chi connectivity index (χ3v) is 4.85. The van der Waals surface area contributed by atoms with Gasteiger partial charge in [-0.1, -0.05) is 42.5 Å². The molecule has 0 aliphatic carbocycles. The van der Waals surface area contributed by atoms with Crippen LogP contribution in [0.4, 0.5) is 11.4 Å². The Morgan fingerprint density at radius 1 is 0.933 bits per heavy atom. The number of aliphatic carboxylic acids is 1. The quantitative estimate of drug-likeness (QED) is 0.609. The molecule has 1 aliphatic heterocycles. The summed E-state index contributed by atoms with van der Waals surface area (Å²) < 4.78 is 0. The molecule has 0 fully saturated rings. The first-order valence-corrected chi connectivity index (χ1v) is 9.39. The van der Waals surface area contributed by atoms with Gasteiger partial charge in [0.2, 0.25) is 0 Å². The molecule has 0 radical (unpaired) electrons. The first kappa shape index (κ1) is 19.2. The van der Waals surface area contributed by atoms with Crippen molar-refractivity contribution < 1.29 is 19.5 Å². The van der Waals surface area contributed by atoms with E-state index < -0.39 is 24.6 Å². The molecule has 3 aromatic rings. The summed E-state index contributed by atoms with van der Waals surface area (Å²) in [6.07, 6.45) is -0.416. The molecule has 3 N–H and O–H groups in total. The van der Waals surface area contributed by atoms with Crippen LogP contribution in [0.3, 0.4) is 0 Å². The number of anilines is 2. The largest absolute Gasteiger partial charge is 0.480 e. The van der Waals surface area contributed by atoms with Crippen molar-refractivity contribution in [1.82, 2.24) is 5.32 Å². The number of hydrogen-bond acceptors (Lipinski definition) is 4. The smallest absolute Gasteiger partial charge is 0.322 e. The van der Waals surface area contributed by atoms with Gasteiger partial charge in [0.25, 0.3) is 11.8 Å². The molecule has 0 aromatic heterocycles.